The Bertz CT molecular complexity index is 1310. The highest BCUT2D eigenvalue weighted by molar-refractivity contribution is 7.52. The van der Waals surface area contributed by atoms with Crippen LogP contribution in [-0.4, -0.2) is 52.1 Å². The van der Waals surface area contributed by atoms with Crippen LogP contribution in [-0.2, 0) is 23.4 Å². The molecule has 0 bridgehead atoms. The zero-order chi connectivity index (χ0) is 27.9. The number of aromatic amines is 1. The van der Waals surface area contributed by atoms with Crippen LogP contribution in [0.4, 0.5) is 0 Å². The number of para-hydroxylation sites is 1. The van der Waals surface area contributed by atoms with Crippen LogP contribution < -0.4 is 20.9 Å². The fourth-order valence-electron chi connectivity index (χ4n) is 3.75. The van der Waals surface area contributed by atoms with Crippen LogP contribution in [0.3, 0.4) is 0 Å². The third kappa shape index (κ3) is 6.78. The fraction of sp³-hybridized carbons (Fsp3) is 0.500. The first-order valence-electron chi connectivity index (χ1n) is 12.0. The van der Waals surface area contributed by atoms with Crippen LogP contribution in [0.5, 0.6) is 5.75 Å². The molecule has 14 heteroatoms. The summed E-state index contributed by atoms with van der Waals surface area (Å²) >= 11 is 0. The number of nitriles is 1. The molecule has 6 unspecified atom stereocenters. The SMILES string of the molecule is CCCCOC(=O)C(C)NP(=O)(OCC1OC(n2ccc(=O)[nH]c2=O)C(C)(C#N)C1O)Oc1ccccc1. The Labute approximate surface area is 218 Å². The highest BCUT2D eigenvalue weighted by atomic mass is 31.2. The summed E-state index contributed by atoms with van der Waals surface area (Å²) < 4.78 is 36.8. The number of aliphatic hydroxyl groups is 1. The van der Waals surface area contributed by atoms with Crippen LogP contribution in [0.25, 0.3) is 0 Å². The van der Waals surface area contributed by atoms with Crippen molar-refractivity contribution in [1.29, 1.82) is 5.26 Å². The largest absolute Gasteiger partial charge is 0.465 e. The minimum absolute atomic E-state index is 0.183. The zero-order valence-corrected chi connectivity index (χ0v) is 22.1. The molecule has 0 saturated carbocycles. The lowest BCUT2D eigenvalue weighted by Gasteiger charge is -2.26. The van der Waals surface area contributed by atoms with Gasteiger partial charge in [0.2, 0.25) is 0 Å². The molecule has 1 aliphatic heterocycles. The molecular weight excluding hydrogens is 519 g/mol. The van der Waals surface area contributed by atoms with E-state index in [0.717, 1.165) is 23.3 Å². The number of hydrogen-bond donors (Lipinski definition) is 3. The van der Waals surface area contributed by atoms with Crippen LogP contribution >= 0.6 is 7.75 Å². The number of aliphatic hydroxyl groups excluding tert-OH is 1. The molecule has 1 aromatic heterocycles. The summed E-state index contributed by atoms with van der Waals surface area (Å²) in [5, 5.41) is 23.3. The number of unbranched alkanes of at least 4 members (excludes halogenated alkanes) is 1. The number of nitrogens with one attached hydrogen (secondary N) is 2. The molecule has 1 aliphatic rings. The van der Waals surface area contributed by atoms with Gasteiger partial charge in [-0.3, -0.25) is 23.7 Å². The third-order valence-electron chi connectivity index (χ3n) is 5.95. The summed E-state index contributed by atoms with van der Waals surface area (Å²) in [5.74, 6) is -0.479. The number of rotatable bonds is 12. The first-order chi connectivity index (χ1) is 18.0. The predicted octanol–water partition coefficient (Wildman–Crippen LogP) is 1.85. The maximum atomic E-state index is 13.7. The Hall–Kier alpha value is -3.27. The molecule has 3 N–H and O–H groups in total. The van der Waals surface area contributed by atoms with Crippen LogP contribution in [0.2, 0.25) is 0 Å². The number of ether oxygens (including phenoxy) is 2. The number of esters is 1. The topological polar surface area (TPSA) is 182 Å². The summed E-state index contributed by atoms with van der Waals surface area (Å²) in [6.45, 7) is 4.42. The summed E-state index contributed by atoms with van der Waals surface area (Å²) in [6.07, 6.45) is -1.38. The van der Waals surface area contributed by atoms with Gasteiger partial charge in [-0.1, -0.05) is 31.5 Å². The first-order valence-corrected chi connectivity index (χ1v) is 13.6. The van der Waals surface area contributed by atoms with Crippen molar-refractivity contribution in [3.05, 3.63) is 63.4 Å². The molecule has 2 heterocycles. The molecule has 2 aromatic rings. The van der Waals surface area contributed by atoms with Gasteiger partial charge in [0.25, 0.3) is 5.56 Å². The van der Waals surface area contributed by atoms with Crippen molar-refractivity contribution in [2.75, 3.05) is 13.2 Å². The second kappa shape index (κ2) is 12.5. The summed E-state index contributed by atoms with van der Waals surface area (Å²) in [6, 6.07) is 10.1. The highest BCUT2D eigenvalue weighted by Crippen LogP contribution is 2.48. The minimum atomic E-state index is -4.27. The first kappa shape index (κ1) is 29.3. The van der Waals surface area contributed by atoms with Gasteiger partial charge in [-0.05, 0) is 32.4 Å². The van der Waals surface area contributed by atoms with Crippen molar-refractivity contribution in [2.45, 2.75) is 58.1 Å². The van der Waals surface area contributed by atoms with E-state index in [9.17, 15) is 29.3 Å². The molecule has 0 radical (unpaired) electrons. The number of aromatic nitrogens is 2. The molecule has 6 atom stereocenters. The summed E-state index contributed by atoms with van der Waals surface area (Å²) in [5.41, 5.74) is -3.12. The van der Waals surface area contributed by atoms with E-state index in [0.29, 0.717) is 6.42 Å². The Morgan fingerprint density at radius 1 is 1.34 bits per heavy atom. The standard InChI is InChI=1S/C24H31N4O9P/c1-4-5-13-34-21(31)16(2)27-38(33,37-17-9-7-6-8-10-17)35-14-18-20(30)24(3,15-25)22(36-18)28-12-11-19(29)26-23(28)32/h6-12,16,18,20,22,30H,4-5,13-14H2,1-3H3,(H,27,33)(H,26,29,32). The van der Waals surface area contributed by atoms with Crippen LogP contribution in [0.1, 0.15) is 39.8 Å². The van der Waals surface area contributed by atoms with E-state index in [2.05, 4.69) is 10.1 Å². The fourth-order valence-corrected chi connectivity index (χ4v) is 5.25. The summed E-state index contributed by atoms with van der Waals surface area (Å²) in [7, 11) is -4.27. The number of H-pyrrole nitrogens is 1. The average Bonchev–Trinajstić information content (AvgIpc) is 3.13. The maximum Gasteiger partial charge on any atom is 0.459 e. The zero-order valence-electron chi connectivity index (χ0n) is 21.2. The van der Waals surface area contributed by atoms with Gasteiger partial charge in [0.15, 0.2) is 6.23 Å². The number of carbonyl (C=O) groups is 1. The van der Waals surface area contributed by atoms with Gasteiger partial charge in [-0.15, -0.1) is 0 Å². The molecule has 1 fully saturated rings. The molecule has 0 amide bonds. The lowest BCUT2D eigenvalue weighted by Crippen LogP contribution is -2.41. The lowest BCUT2D eigenvalue weighted by molar-refractivity contribution is -0.145. The van der Waals surface area contributed by atoms with Crippen molar-refractivity contribution in [3.8, 4) is 11.8 Å². The van der Waals surface area contributed by atoms with Gasteiger partial charge in [0, 0.05) is 12.3 Å². The maximum absolute atomic E-state index is 13.7. The number of benzene rings is 1. The van der Waals surface area contributed by atoms with E-state index >= 15 is 0 Å². The van der Waals surface area contributed by atoms with E-state index in [4.69, 9.17) is 18.5 Å². The molecule has 38 heavy (non-hydrogen) atoms. The van der Waals surface area contributed by atoms with Gasteiger partial charge in [-0.2, -0.15) is 10.3 Å². The van der Waals surface area contributed by atoms with E-state index in [1.807, 2.05) is 13.0 Å². The third-order valence-corrected chi connectivity index (χ3v) is 7.60. The van der Waals surface area contributed by atoms with E-state index in [1.165, 1.54) is 26.0 Å². The average molecular weight is 551 g/mol. The van der Waals surface area contributed by atoms with Gasteiger partial charge in [0.1, 0.15) is 29.4 Å². The molecule has 13 nitrogen and oxygen atoms in total. The molecule has 0 aliphatic carbocycles. The lowest BCUT2D eigenvalue weighted by atomic mass is 9.84. The molecule has 0 spiro atoms. The van der Waals surface area contributed by atoms with Gasteiger partial charge >= 0.3 is 19.4 Å². The van der Waals surface area contributed by atoms with E-state index in [-0.39, 0.29) is 12.4 Å². The second-order valence-electron chi connectivity index (χ2n) is 8.95. The number of hydrogen-bond acceptors (Lipinski definition) is 10. The van der Waals surface area contributed by atoms with Crippen LogP contribution in [0.15, 0.2) is 52.2 Å². The molecule has 3 rings (SSSR count). The Balaban J connectivity index is 1.80. The normalized spacial score (nSPS) is 25.2. The van der Waals surface area contributed by atoms with Crippen molar-refractivity contribution in [3.63, 3.8) is 0 Å². The van der Waals surface area contributed by atoms with Crippen LogP contribution in [0, 0.1) is 16.7 Å². The van der Waals surface area contributed by atoms with Crippen molar-refractivity contribution >= 4 is 13.7 Å². The number of carbonyl (C=O) groups excluding carboxylic acids is 1. The quantitative estimate of drug-likeness (QED) is 0.199. The number of nitrogens with zero attached hydrogens (tertiary/aromatic N) is 2. The highest BCUT2D eigenvalue weighted by Gasteiger charge is 2.55. The van der Waals surface area contributed by atoms with Gasteiger partial charge in [0.05, 0.1) is 19.3 Å². The van der Waals surface area contributed by atoms with Gasteiger partial charge < -0.3 is 19.1 Å². The van der Waals surface area contributed by atoms with Crippen molar-refractivity contribution < 1.29 is 33.0 Å². The van der Waals surface area contributed by atoms with E-state index < -0.39 is 61.5 Å². The van der Waals surface area contributed by atoms with E-state index in [1.54, 1.807) is 18.2 Å². The molecule has 1 saturated heterocycles. The Morgan fingerprint density at radius 2 is 2.05 bits per heavy atom. The van der Waals surface area contributed by atoms with Crippen molar-refractivity contribution in [1.82, 2.24) is 14.6 Å². The predicted molar refractivity (Wildman–Crippen MR) is 134 cm³/mol. The molecule has 206 valence electrons. The van der Waals surface area contributed by atoms with Crippen molar-refractivity contribution in [2.24, 2.45) is 5.41 Å². The Kier molecular flexibility index (Phi) is 9.65. The Morgan fingerprint density at radius 3 is 2.68 bits per heavy atom. The van der Waals surface area contributed by atoms with Gasteiger partial charge in [-0.25, -0.2) is 9.36 Å². The molecule has 1 aromatic carbocycles. The minimum Gasteiger partial charge on any atom is -0.465 e. The summed E-state index contributed by atoms with van der Waals surface area (Å²) in [4.78, 5) is 38.2. The molecular formula is C24H31N4O9P. The smallest absolute Gasteiger partial charge is 0.459 e. The monoisotopic (exact) mass is 550 g/mol. The second-order valence-corrected chi connectivity index (χ2v) is 10.6.